The van der Waals surface area contributed by atoms with E-state index in [-0.39, 0.29) is 36.7 Å². The number of ether oxygens (including phenoxy) is 1. The number of methoxy groups -OCH3 is 1. The number of nitrogens with zero attached hydrogens (tertiary/aromatic N) is 3. The van der Waals surface area contributed by atoms with E-state index in [4.69, 9.17) is 4.74 Å². The summed E-state index contributed by atoms with van der Waals surface area (Å²) in [7, 11) is 1.53. The van der Waals surface area contributed by atoms with Crippen LogP contribution in [-0.4, -0.2) is 71.3 Å². The molecule has 144 valence electrons. The Bertz CT molecular complexity index is 645. The number of hydrogen-bond acceptors (Lipinski definition) is 5. The van der Waals surface area contributed by atoms with Crippen LogP contribution in [0.2, 0.25) is 0 Å². The highest BCUT2D eigenvalue weighted by Gasteiger charge is 2.39. The maximum absolute atomic E-state index is 12.7. The van der Waals surface area contributed by atoms with Crippen LogP contribution in [0.1, 0.15) is 25.5 Å². The fourth-order valence-corrected chi connectivity index (χ4v) is 3.03. The SMILES string of the molecule is CCNC(=O)[C@@H]1C[C@H](NC(=O)CCOC)CN1C(=O)Cn1ccc(C)n1. The summed E-state index contributed by atoms with van der Waals surface area (Å²) in [6.45, 7) is 4.86. The molecule has 1 aromatic rings. The van der Waals surface area contributed by atoms with Gasteiger partial charge in [-0.2, -0.15) is 5.10 Å². The Hall–Kier alpha value is -2.42. The summed E-state index contributed by atoms with van der Waals surface area (Å²) < 4.78 is 6.45. The molecule has 2 rings (SSSR count). The number of hydrogen-bond donors (Lipinski definition) is 2. The van der Waals surface area contributed by atoms with Crippen molar-refractivity contribution in [3.63, 3.8) is 0 Å². The molecule has 0 aliphatic carbocycles. The fraction of sp³-hybridized carbons (Fsp3) is 0.647. The molecule has 0 radical (unpaired) electrons. The monoisotopic (exact) mass is 365 g/mol. The van der Waals surface area contributed by atoms with E-state index in [0.717, 1.165) is 5.69 Å². The molecule has 1 saturated heterocycles. The number of carbonyl (C=O) groups is 3. The highest BCUT2D eigenvalue weighted by atomic mass is 16.5. The lowest BCUT2D eigenvalue weighted by Crippen LogP contribution is -2.47. The molecule has 2 heterocycles. The van der Waals surface area contributed by atoms with Gasteiger partial charge in [0.05, 0.1) is 12.3 Å². The average molecular weight is 365 g/mol. The smallest absolute Gasteiger partial charge is 0.245 e. The lowest BCUT2D eigenvalue weighted by molar-refractivity contribution is -0.139. The zero-order valence-corrected chi connectivity index (χ0v) is 15.5. The van der Waals surface area contributed by atoms with Crippen molar-refractivity contribution in [2.24, 2.45) is 0 Å². The van der Waals surface area contributed by atoms with Crippen LogP contribution >= 0.6 is 0 Å². The van der Waals surface area contributed by atoms with Crippen LogP contribution in [0.5, 0.6) is 0 Å². The normalized spacial score (nSPS) is 19.4. The molecular weight excluding hydrogens is 338 g/mol. The van der Waals surface area contributed by atoms with Gasteiger partial charge in [-0.15, -0.1) is 0 Å². The fourth-order valence-electron chi connectivity index (χ4n) is 3.03. The van der Waals surface area contributed by atoms with E-state index in [1.165, 1.54) is 12.0 Å². The van der Waals surface area contributed by atoms with Gasteiger partial charge in [0, 0.05) is 38.9 Å². The molecule has 0 saturated carbocycles. The van der Waals surface area contributed by atoms with Crippen molar-refractivity contribution in [1.82, 2.24) is 25.3 Å². The number of carbonyl (C=O) groups excluding carboxylic acids is 3. The van der Waals surface area contributed by atoms with Gasteiger partial charge in [0.15, 0.2) is 0 Å². The third-order valence-electron chi connectivity index (χ3n) is 4.24. The number of amides is 3. The van der Waals surface area contributed by atoms with Gasteiger partial charge in [0.25, 0.3) is 0 Å². The number of likely N-dealkylation sites (tertiary alicyclic amines) is 1. The van der Waals surface area contributed by atoms with Crippen LogP contribution in [0.25, 0.3) is 0 Å². The second-order valence-corrected chi connectivity index (χ2v) is 6.35. The second kappa shape index (κ2) is 9.33. The Morgan fingerprint density at radius 1 is 1.38 bits per heavy atom. The van der Waals surface area contributed by atoms with Gasteiger partial charge >= 0.3 is 0 Å². The van der Waals surface area contributed by atoms with Gasteiger partial charge in [-0.1, -0.05) is 0 Å². The maximum atomic E-state index is 12.7. The predicted octanol–water partition coefficient (Wildman–Crippen LogP) is -0.550. The van der Waals surface area contributed by atoms with E-state index < -0.39 is 6.04 Å². The van der Waals surface area contributed by atoms with E-state index in [2.05, 4.69) is 15.7 Å². The third kappa shape index (κ3) is 5.29. The number of likely N-dealkylation sites (N-methyl/N-ethyl adjacent to an activating group) is 1. The zero-order chi connectivity index (χ0) is 19.1. The molecule has 3 amide bonds. The maximum Gasteiger partial charge on any atom is 0.245 e. The quantitative estimate of drug-likeness (QED) is 0.643. The first kappa shape index (κ1) is 19.9. The largest absolute Gasteiger partial charge is 0.384 e. The Labute approximate surface area is 153 Å². The Morgan fingerprint density at radius 3 is 2.77 bits per heavy atom. The van der Waals surface area contributed by atoms with Crippen LogP contribution in [0, 0.1) is 6.92 Å². The highest BCUT2D eigenvalue weighted by Crippen LogP contribution is 2.19. The Kier molecular flexibility index (Phi) is 7.14. The summed E-state index contributed by atoms with van der Waals surface area (Å²) in [5.74, 6) is -0.548. The number of nitrogens with one attached hydrogen (secondary N) is 2. The molecule has 1 aliphatic rings. The van der Waals surface area contributed by atoms with Gasteiger partial charge < -0.3 is 20.3 Å². The predicted molar refractivity (Wildman–Crippen MR) is 94.2 cm³/mol. The van der Waals surface area contributed by atoms with Gasteiger partial charge in [-0.3, -0.25) is 19.1 Å². The standard InChI is InChI=1S/C17H27N5O4/c1-4-18-17(25)14-9-13(19-15(23)6-8-26-3)10-22(14)16(24)11-21-7-5-12(2)20-21/h5,7,13-14H,4,6,8-11H2,1-3H3,(H,18,25)(H,19,23)/t13-,14-/m0/s1. The highest BCUT2D eigenvalue weighted by molar-refractivity contribution is 5.88. The molecular formula is C17H27N5O4. The molecule has 9 nitrogen and oxygen atoms in total. The zero-order valence-electron chi connectivity index (χ0n) is 15.5. The molecule has 2 N–H and O–H groups in total. The molecule has 1 aromatic heterocycles. The van der Waals surface area contributed by atoms with Gasteiger partial charge in [0.2, 0.25) is 17.7 Å². The molecule has 0 bridgehead atoms. The van der Waals surface area contributed by atoms with Crippen molar-refractivity contribution in [1.29, 1.82) is 0 Å². The number of aromatic nitrogens is 2. The van der Waals surface area contributed by atoms with Crippen molar-refractivity contribution in [3.05, 3.63) is 18.0 Å². The van der Waals surface area contributed by atoms with Gasteiger partial charge in [-0.05, 0) is 26.3 Å². The molecule has 1 aliphatic heterocycles. The first-order chi connectivity index (χ1) is 12.4. The molecule has 0 aromatic carbocycles. The summed E-state index contributed by atoms with van der Waals surface area (Å²) >= 11 is 0. The topological polar surface area (TPSA) is 106 Å². The molecule has 0 unspecified atom stereocenters. The minimum Gasteiger partial charge on any atom is -0.384 e. The lowest BCUT2D eigenvalue weighted by Gasteiger charge is -2.23. The summed E-state index contributed by atoms with van der Waals surface area (Å²) in [4.78, 5) is 38.5. The number of rotatable bonds is 8. The van der Waals surface area contributed by atoms with Crippen LogP contribution < -0.4 is 10.6 Å². The van der Waals surface area contributed by atoms with Crippen LogP contribution in [0.4, 0.5) is 0 Å². The minimum atomic E-state index is -0.591. The van der Waals surface area contributed by atoms with E-state index in [0.29, 0.717) is 26.1 Å². The number of aryl methyl sites for hydroxylation is 1. The molecule has 2 atom stereocenters. The molecule has 0 spiro atoms. The average Bonchev–Trinajstić information content (AvgIpc) is 3.19. The van der Waals surface area contributed by atoms with Crippen LogP contribution in [0.3, 0.4) is 0 Å². The van der Waals surface area contributed by atoms with Crippen molar-refractivity contribution in [2.75, 3.05) is 26.8 Å². The summed E-state index contributed by atoms with van der Waals surface area (Å²) in [5, 5.41) is 9.85. The van der Waals surface area contributed by atoms with Crippen molar-refractivity contribution in [2.45, 2.75) is 45.3 Å². The second-order valence-electron chi connectivity index (χ2n) is 6.35. The molecule has 1 fully saturated rings. The van der Waals surface area contributed by atoms with Crippen LogP contribution in [-0.2, 0) is 25.7 Å². The van der Waals surface area contributed by atoms with Crippen LogP contribution in [0.15, 0.2) is 12.3 Å². The third-order valence-corrected chi connectivity index (χ3v) is 4.24. The summed E-state index contributed by atoms with van der Waals surface area (Å²) in [5.41, 5.74) is 0.822. The summed E-state index contributed by atoms with van der Waals surface area (Å²) in [6, 6.07) is 0.972. The van der Waals surface area contributed by atoms with E-state index in [9.17, 15) is 14.4 Å². The Balaban J connectivity index is 2.03. The minimum absolute atomic E-state index is 0.0636. The van der Waals surface area contributed by atoms with E-state index >= 15 is 0 Å². The lowest BCUT2D eigenvalue weighted by atomic mass is 10.1. The van der Waals surface area contributed by atoms with Crippen molar-refractivity contribution in [3.8, 4) is 0 Å². The van der Waals surface area contributed by atoms with E-state index in [1.807, 2.05) is 19.9 Å². The first-order valence-corrected chi connectivity index (χ1v) is 8.80. The van der Waals surface area contributed by atoms with E-state index in [1.54, 1.807) is 10.9 Å². The summed E-state index contributed by atoms with van der Waals surface area (Å²) in [6.07, 6.45) is 2.38. The van der Waals surface area contributed by atoms with Crippen molar-refractivity contribution >= 4 is 17.7 Å². The Morgan fingerprint density at radius 2 is 2.15 bits per heavy atom. The van der Waals surface area contributed by atoms with Crippen molar-refractivity contribution < 1.29 is 19.1 Å². The molecule has 26 heavy (non-hydrogen) atoms. The van der Waals surface area contributed by atoms with Gasteiger partial charge in [-0.25, -0.2) is 0 Å². The first-order valence-electron chi connectivity index (χ1n) is 8.80. The molecule has 9 heteroatoms. The van der Waals surface area contributed by atoms with Gasteiger partial charge in [0.1, 0.15) is 12.6 Å².